The summed E-state index contributed by atoms with van der Waals surface area (Å²) in [5.74, 6) is 0. The van der Waals surface area contributed by atoms with Gasteiger partial charge >= 0.3 is 0 Å². The summed E-state index contributed by atoms with van der Waals surface area (Å²) in [6.07, 6.45) is 4.17. The van der Waals surface area contributed by atoms with Gasteiger partial charge in [0, 0.05) is 5.54 Å². The van der Waals surface area contributed by atoms with Crippen LogP contribution in [0, 0.1) is 0 Å². The van der Waals surface area contributed by atoms with Gasteiger partial charge in [0.2, 0.25) is 0 Å². The van der Waals surface area contributed by atoms with Gasteiger partial charge in [-0.25, -0.2) is 0 Å². The molecule has 2 heteroatoms. The van der Waals surface area contributed by atoms with Crippen molar-refractivity contribution in [1.82, 2.24) is 11.1 Å². The zero-order chi connectivity index (χ0) is 6.91. The molecule has 1 aliphatic heterocycles. The lowest BCUT2D eigenvalue weighted by Crippen LogP contribution is -2.44. The molecule has 0 amide bonds. The molecular formula is C8H20N2. The van der Waals surface area contributed by atoms with Gasteiger partial charge in [0.1, 0.15) is 0 Å². The maximum Gasteiger partial charge on any atom is 0.0150 e. The zero-order valence-electron chi connectivity index (χ0n) is 7.48. The van der Waals surface area contributed by atoms with E-state index in [2.05, 4.69) is 25.8 Å². The van der Waals surface area contributed by atoms with Crippen LogP contribution in [0.3, 0.4) is 0 Å². The predicted octanol–water partition coefficient (Wildman–Crippen LogP) is 2.04. The summed E-state index contributed by atoms with van der Waals surface area (Å²) >= 11 is 0. The van der Waals surface area contributed by atoms with Gasteiger partial charge in [-0.15, -0.1) is 0 Å². The Balaban J connectivity index is 0.000000810. The first kappa shape index (κ1) is 9.92. The molecule has 1 rings (SSSR count). The molecule has 0 spiro atoms. The number of hydrogen-bond acceptors (Lipinski definition) is 2. The number of rotatable bonds is 0. The van der Waals surface area contributed by atoms with Crippen LogP contribution < -0.4 is 6.15 Å². The Labute approximate surface area is 64.2 Å². The number of piperidine rings is 1. The summed E-state index contributed by atoms with van der Waals surface area (Å²) in [6, 6.07) is 0. The predicted molar refractivity (Wildman–Crippen MR) is 45.6 cm³/mol. The minimum absolute atomic E-state index is 0. The van der Waals surface area contributed by atoms with Crippen molar-refractivity contribution in [2.75, 3.05) is 13.6 Å². The molecule has 0 atom stereocenters. The first-order chi connectivity index (χ1) is 4.13. The van der Waals surface area contributed by atoms with Crippen molar-refractivity contribution in [3.05, 3.63) is 0 Å². The molecule has 0 saturated carbocycles. The molecule has 1 heterocycles. The largest absolute Gasteiger partial charge is 0.344 e. The first-order valence-corrected chi connectivity index (χ1v) is 3.84. The van der Waals surface area contributed by atoms with Crippen molar-refractivity contribution in [3.8, 4) is 0 Å². The fraction of sp³-hybridized carbons (Fsp3) is 1.00. The van der Waals surface area contributed by atoms with E-state index in [4.69, 9.17) is 0 Å². The van der Waals surface area contributed by atoms with Crippen molar-refractivity contribution in [2.45, 2.75) is 38.6 Å². The third kappa shape index (κ3) is 1.96. The molecule has 3 N–H and O–H groups in total. The monoisotopic (exact) mass is 144 g/mol. The van der Waals surface area contributed by atoms with Gasteiger partial charge in [0.15, 0.2) is 0 Å². The summed E-state index contributed by atoms with van der Waals surface area (Å²) in [5.41, 5.74) is 0.470. The van der Waals surface area contributed by atoms with Crippen molar-refractivity contribution in [3.63, 3.8) is 0 Å². The molecule has 0 aromatic carbocycles. The zero-order valence-corrected chi connectivity index (χ0v) is 7.48. The van der Waals surface area contributed by atoms with E-state index >= 15 is 0 Å². The lowest BCUT2D eigenvalue weighted by molar-refractivity contribution is 0.108. The molecular weight excluding hydrogens is 124 g/mol. The van der Waals surface area contributed by atoms with Gasteiger partial charge in [0.25, 0.3) is 0 Å². The Hall–Kier alpha value is -0.0800. The molecule has 10 heavy (non-hydrogen) atoms. The fourth-order valence-corrected chi connectivity index (χ4v) is 1.40. The average Bonchev–Trinajstić information content (AvgIpc) is 1.77. The van der Waals surface area contributed by atoms with Crippen molar-refractivity contribution < 1.29 is 0 Å². The number of hydrogen-bond donors (Lipinski definition) is 1. The Morgan fingerprint density at radius 2 is 1.80 bits per heavy atom. The summed E-state index contributed by atoms with van der Waals surface area (Å²) < 4.78 is 0. The molecule has 1 aliphatic rings. The summed E-state index contributed by atoms with van der Waals surface area (Å²) in [5, 5.41) is 0. The molecule has 1 saturated heterocycles. The van der Waals surface area contributed by atoms with Crippen molar-refractivity contribution in [2.24, 2.45) is 0 Å². The normalized spacial score (nSPS) is 25.5. The third-order valence-electron chi connectivity index (χ3n) is 2.57. The summed E-state index contributed by atoms with van der Waals surface area (Å²) in [4.78, 5) is 2.45. The highest BCUT2D eigenvalue weighted by molar-refractivity contribution is 4.82. The maximum absolute atomic E-state index is 2.45. The number of likely N-dealkylation sites (tertiary alicyclic amines) is 1. The highest BCUT2D eigenvalue weighted by atomic mass is 15.2. The lowest BCUT2D eigenvalue weighted by Gasteiger charge is -2.39. The molecule has 0 bridgehead atoms. The van der Waals surface area contributed by atoms with E-state index < -0.39 is 0 Å². The van der Waals surface area contributed by atoms with Crippen molar-refractivity contribution in [1.29, 1.82) is 0 Å². The van der Waals surface area contributed by atoms with Gasteiger partial charge < -0.3 is 11.1 Å². The molecule has 2 nitrogen and oxygen atoms in total. The quantitative estimate of drug-likeness (QED) is 0.565. The molecule has 0 aromatic heterocycles. The molecule has 0 aliphatic carbocycles. The van der Waals surface area contributed by atoms with E-state index in [1.807, 2.05) is 0 Å². The van der Waals surface area contributed by atoms with E-state index in [0.29, 0.717) is 5.54 Å². The summed E-state index contributed by atoms with van der Waals surface area (Å²) in [6.45, 7) is 5.94. The maximum atomic E-state index is 2.45. The number of nitrogens with zero attached hydrogens (tertiary/aromatic N) is 1. The van der Waals surface area contributed by atoms with Crippen LogP contribution in [0.1, 0.15) is 33.1 Å². The molecule has 0 aromatic rings. The van der Waals surface area contributed by atoms with Crippen LogP contribution in [0.2, 0.25) is 0 Å². The van der Waals surface area contributed by atoms with Crippen LogP contribution in [-0.2, 0) is 0 Å². The third-order valence-corrected chi connectivity index (χ3v) is 2.57. The van der Waals surface area contributed by atoms with Gasteiger partial charge in [-0.05, 0) is 40.3 Å². The van der Waals surface area contributed by atoms with Crippen LogP contribution in [0.25, 0.3) is 0 Å². The van der Waals surface area contributed by atoms with Crippen LogP contribution >= 0.6 is 0 Å². The second-order valence-corrected chi connectivity index (χ2v) is 3.69. The highest BCUT2D eigenvalue weighted by Crippen LogP contribution is 2.24. The van der Waals surface area contributed by atoms with Gasteiger partial charge in [-0.1, -0.05) is 6.42 Å². The summed E-state index contributed by atoms with van der Waals surface area (Å²) in [7, 11) is 2.22. The van der Waals surface area contributed by atoms with Crippen LogP contribution in [0.15, 0.2) is 0 Å². The Morgan fingerprint density at radius 3 is 2.10 bits per heavy atom. The van der Waals surface area contributed by atoms with E-state index in [0.717, 1.165) is 0 Å². The van der Waals surface area contributed by atoms with Gasteiger partial charge in [0.05, 0.1) is 0 Å². The second-order valence-electron chi connectivity index (χ2n) is 3.69. The average molecular weight is 144 g/mol. The van der Waals surface area contributed by atoms with E-state index in [-0.39, 0.29) is 6.15 Å². The van der Waals surface area contributed by atoms with E-state index in [1.54, 1.807) is 0 Å². The topological polar surface area (TPSA) is 38.2 Å². The Kier molecular flexibility index (Phi) is 3.33. The standard InChI is InChI=1S/C8H17N.H3N/c1-8(2)6-4-5-7-9(8)3;/h4-7H2,1-3H3;1H3. The Morgan fingerprint density at radius 1 is 1.20 bits per heavy atom. The highest BCUT2D eigenvalue weighted by Gasteiger charge is 2.25. The minimum atomic E-state index is 0. The fourth-order valence-electron chi connectivity index (χ4n) is 1.40. The van der Waals surface area contributed by atoms with Crippen LogP contribution in [-0.4, -0.2) is 24.0 Å². The minimum Gasteiger partial charge on any atom is -0.344 e. The van der Waals surface area contributed by atoms with Crippen LogP contribution in [0.4, 0.5) is 0 Å². The molecule has 0 radical (unpaired) electrons. The van der Waals surface area contributed by atoms with Gasteiger partial charge in [-0.2, -0.15) is 0 Å². The SMILES string of the molecule is CN1CCCCC1(C)C.N. The molecule has 62 valence electrons. The molecule has 0 unspecified atom stereocenters. The second kappa shape index (κ2) is 3.35. The lowest BCUT2D eigenvalue weighted by atomic mass is 9.91. The van der Waals surface area contributed by atoms with Crippen molar-refractivity contribution >= 4 is 0 Å². The van der Waals surface area contributed by atoms with Crippen LogP contribution in [0.5, 0.6) is 0 Å². The van der Waals surface area contributed by atoms with E-state index in [9.17, 15) is 0 Å². The first-order valence-electron chi connectivity index (χ1n) is 3.84. The van der Waals surface area contributed by atoms with Gasteiger partial charge in [-0.3, -0.25) is 0 Å². The van der Waals surface area contributed by atoms with E-state index in [1.165, 1.54) is 25.8 Å². The molecule has 1 fully saturated rings. The Bertz CT molecular complexity index is 99.4. The smallest absolute Gasteiger partial charge is 0.0150 e.